The minimum Gasteiger partial charge on any atom is -0.273 e. The van der Waals surface area contributed by atoms with Gasteiger partial charge in [0.15, 0.2) is 0 Å². The van der Waals surface area contributed by atoms with E-state index in [9.17, 15) is 4.57 Å². The Hall–Kier alpha value is 0.0300. The van der Waals surface area contributed by atoms with Crippen molar-refractivity contribution in [2.75, 3.05) is 0 Å². The summed E-state index contributed by atoms with van der Waals surface area (Å²) in [6, 6.07) is 0. The van der Waals surface area contributed by atoms with Crippen molar-refractivity contribution in [1.29, 1.82) is 0 Å². The van der Waals surface area contributed by atoms with E-state index in [0.717, 1.165) is 0 Å². The number of nitrogens with one attached hydrogen (secondary N) is 1. The van der Waals surface area contributed by atoms with Crippen LogP contribution in [-0.2, 0) is 23.3 Å². The Morgan fingerprint density at radius 2 is 2.00 bits per heavy atom. The molecular formula is C5H10NO5P. The zero-order valence-electron chi connectivity index (χ0n) is 6.99. The van der Waals surface area contributed by atoms with Crippen LogP contribution in [0, 0.1) is 0 Å². The summed E-state index contributed by atoms with van der Waals surface area (Å²) in [5.41, 5.74) is 0.808. The average molecular weight is 195 g/mol. The summed E-state index contributed by atoms with van der Waals surface area (Å²) in [6.07, 6.45) is 0. The summed E-state index contributed by atoms with van der Waals surface area (Å²) in [5, 5.41) is 0. The molecule has 0 spiro atoms. The highest BCUT2D eigenvalue weighted by Gasteiger charge is 2.61. The largest absolute Gasteiger partial charge is 0.519 e. The van der Waals surface area contributed by atoms with Crippen LogP contribution in [0.3, 0.4) is 0 Å². The molecule has 3 heterocycles. The van der Waals surface area contributed by atoms with Crippen LogP contribution >= 0.6 is 7.82 Å². The number of hydrogen-bond acceptors (Lipinski definition) is 6. The first-order valence-corrected chi connectivity index (χ1v) is 4.97. The zero-order valence-corrected chi connectivity index (χ0v) is 7.88. The smallest absolute Gasteiger partial charge is 0.273 e. The number of rotatable bonds is 0. The molecule has 0 aromatic heterocycles. The summed E-state index contributed by atoms with van der Waals surface area (Å²) in [4.78, 5) is 4.86. The maximum Gasteiger partial charge on any atom is 0.519 e. The molecule has 0 aromatic rings. The lowest BCUT2D eigenvalue weighted by Crippen LogP contribution is -2.66. The van der Waals surface area contributed by atoms with E-state index in [1.54, 1.807) is 20.8 Å². The van der Waals surface area contributed by atoms with Crippen LogP contribution in [0.2, 0.25) is 0 Å². The van der Waals surface area contributed by atoms with Gasteiger partial charge in [-0.05, 0) is 20.8 Å². The predicted octanol–water partition coefficient (Wildman–Crippen LogP) is 1.10. The van der Waals surface area contributed by atoms with Crippen LogP contribution < -0.4 is 5.48 Å². The highest BCUT2D eigenvalue weighted by atomic mass is 31.2. The van der Waals surface area contributed by atoms with Gasteiger partial charge in [-0.2, -0.15) is 15.0 Å². The standard InChI is InChI=1S/C5H10NO5P/c1-4(2)5(3)6-10-12(7,9-4)11-8-5/h6H,1-3H3. The van der Waals surface area contributed by atoms with Crippen molar-refractivity contribution in [3.8, 4) is 0 Å². The van der Waals surface area contributed by atoms with Gasteiger partial charge >= 0.3 is 7.82 Å². The summed E-state index contributed by atoms with van der Waals surface area (Å²) >= 11 is 0. The fraction of sp³-hybridized carbons (Fsp3) is 1.00. The van der Waals surface area contributed by atoms with Gasteiger partial charge in [-0.1, -0.05) is 0 Å². The fourth-order valence-electron chi connectivity index (χ4n) is 0.919. The minimum absolute atomic E-state index is 0.751. The van der Waals surface area contributed by atoms with E-state index in [2.05, 4.69) is 14.8 Å². The van der Waals surface area contributed by atoms with Gasteiger partial charge in [0.2, 0.25) is 5.72 Å². The lowest BCUT2D eigenvalue weighted by atomic mass is 9.97. The van der Waals surface area contributed by atoms with Crippen molar-refractivity contribution in [3.05, 3.63) is 0 Å². The molecule has 0 radical (unpaired) electrons. The molecule has 3 fully saturated rings. The molecule has 2 atom stereocenters. The average Bonchev–Trinajstić information content (AvgIpc) is 1.92. The number of fused-ring (bicyclic) bond motifs is 3. The first-order valence-electron chi connectivity index (χ1n) is 3.51. The topological polar surface area (TPSA) is 66.0 Å². The van der Waals surface area contributed by atoms with Crippen LogP contribution in [0.1, 0.15) is 20.8 Å². The molecule has 70 valence electrons. The quantitative estimate of drug-likeness (QED) is 0.461. The highest BCUT2D eigenvalue weighted by molar-refractivity contribution is 7.48. The maximum atomic E-state index is 11.3. The Morgan fingerprint density at radius 1 is 1.33 bits per heavy atom. The van der Waals surface area contributed by atoms with Gasteiger partial charge in [-0.25, -0.2) is 4.57 Å². The highest BCUT2D eigenvalue weighted by Crippen LogP contribution is 2.62. The van der Waals surface area contributed by atoms with E-state index in [1.165, 1.54) is 0 Å². The van der Waals surface area contributed by atoms with Crippen molar-refractivity contribution >= 4 is 7.82 Å². The molecule has 0 saturated carbocycles. The molecule has 6 nitrogen and oxygen atoms in total. The summed E-state index contributed by atoms with van der Waals surface area (Å²) in [6.45, 7) is 5.14. The van der Waals surface area contributed by atoms with E-state index in [1.807, 2.05) is 0 Å². The molecule has 3 aliphatic heterocycles. The molecule has 0 aromatic carbocycles. The summed E-state index contributed by atoms with van der Waals surface area (Å²) in [7, 11) is -3.53. The zero-order chi connectivity index (χ0) is 9.04. The third-order valence-electron chi connectivity index (χ3n) is 2.14. The Bertz CT molecular complexity index is 253. The predicted molar refractivity (Wildman–Crippen MR) is 37.6 cm³/mol. The van der Waals surface area contributed by atoms with Crippen LogP contribution in [0.15, 0.2) is 0 Å². The number of phosphoric acid groups is 1. The van der Waals surface area contributed by atoms with Crippen LogP contribution in [-0.4, -0.2) is 11.3 Å². The molecule has 1 N–H and O–H groups in total. The molecule has 0 aliphatic carbocycles. The van der Waals surface area contributed by atoms with E-state index in [-0.39, 0.29) is 0 Å². The summed E-state index contributed by atoms with van der Waals surface area (Å²) < 4.78 is 25.5. The SMILES string of the molecule is CC1(C)OP2(=O)ONC1(C)OO2. The van der Waals surface area contributed by atoms with Crippen LogP contribution in [0.25, 0.3) is 0 Å². The normalized spacial score (nSPS) is 50.9. The van der Waals surface area contributed by atoms with Gasteiger partial charge in [0.1, 0.15) is 5.60 Å². The third kappa shape index (κ3) is 0.970. The molecule has 7 heteroatoms. The molecule has 3 rings (SSSR count). The van der Waals surface area contributed by atoms with Gasteiger partial charge < -0.3 is 0 Å². The Balaban J connectivity index is 2.38. The van der Waals surface area contributed by atoms with Gasteiger partial charge in [0, 0.05) is 0 Å². The summed E-state index contributed by atoms with van der Waals surface area (Å²) in [5.74, 6) is 0. The Labute approximate surface area is 69.6 Å². The first-order chi connectivity index (χ1) is 5.37. The monoisotopic (exact) mass is 195 g/mol. The lowest BCUT2D eigenvalue weighted by Gasteiger charge is -2.50. The number of hydroxylamine groups is 1. The Morgan fingerprint density at radius 3 is 2.33 bits per heavy atom. The van der Waals surface area contributed by atoms with Gasteiger partial charge in [0.05, 0.1) is 0 Å². The van der Waals surface area contributed by atoms with E-state index in [0.29, 0.717) is 0 Å². The molecule has 2 unspecified atom stereocenters. The van der Waals surface area contributed by atoms with Crippen molar-refractivity contribution in [2.24, 2.45) is 0 Å². The first kappa shape index (κ1) is 8.62. The molecule has 3 saturated heterocycles. The molecule has 12 heavy (non-hydrogen) atoms. The van der Waals surface area contributed by atoms with Crippen molar-refractivity contribution in [1.82, 2.24) is 5.48 Å². The second-order valence-electron chi connectivity index (χ2n) is 3.43. The van der Waals surface area contributed by atoms with E-state index in [4.69, 9.17) is 9.41 Å². The van der Waals surface area contributed by atoms with Gasteiger partial charge in [-0.3, -0.25) is 4.52 Å². The maximum absolute atomic E-state index is 11.3. The molecule has 3 aliphatic rings. The molecule has 2 bridgehead atoms. The third-order valence-corrected chi connectivity index (χ3v) is 3.39. The van der Waals surface area contributed by atoms with Gasteiger partial charge in [0.25, 0.3) is 0 Å². The molecular weight excluding hydrogens is 185 g/mol. The van der Waals surface area contributed by atoms with Crippen LogP contribution in [0.5, 0.6) is 0 Å². The lowest BCUT2D eigenvalue weighted by molar-refractivity contribution is -0.424. The van der Waals surface area contributed by atoms with E-state index < -0.39 is 19.1 Å². The second kappa shape index (κ2) is 2.09. The van der Waals surface area contributed by atoms with Crippen molar-refractivity contribution < 1.29 is 23.3 Å². The second-order valence-corrected chi connectivity index (χ2v) is 4.84. The fourth-order valence-corrected chi connectivity index (χ4v) is 2.28. The minimum atomic E-state index is -3.53. The van der Waals surface area contributed by atoms with E-state index >= 15 is 0 Å². The Kier molecular flexibility index (Phi) is 1.50. The number of hydrogen-bond donors (Lipinski definition) is 1. The van der Waals surface area contributed by atoms with Crippen LogP contribution in [0.4, 0.5) is 0 Å². The van der Waals surface area contributed by atoms with Crippen molar-refractivity contribution in [3.63, 3.8) is 0 Å². The van der Waals surface area contributed by atoms with Gasteiger partial charge in [-0.15, -0.1) is 4.67 Å². The van der Waals surface area contributed by atoms with Crippen molar-refractivity contribution in [2.45, 2.75) is 32.1 Å². The molecule has 0 amide bonds.